The maximum atomic E-state index is 11.2. The second kappa shape index (κ2) is 8.65. The number of carbonyl (C=O) groups excluding carboxylic acids is 1. The van der Waals surface area contributed by atoms with Gasteiger partial charge >= 0.3 is 0 Å². The van der Waals surface area contributed by atoms with Gasteiger partial charge in [-0.2, -0.15) is 0 Å². The molecule has 0 saturated carbocycles. The molecule has 0 aromatic carbocycles. The highest BCUT2D eigenvalue weighted by Gasteiger charge is 2.15. The molecule has 0 spiro atoms. The van der Waals surface area contributed by atoms with Crippen molar-refractivity contribution in [2.45, 2.75) is 31.9 Å². The molecule has 1 unspecified atom stereocenters. The molecule has 0 aliphatic carbocycles. The molecule has 1 fully saturated rings. The molecule has 0 radical (unpaired) electrons. The predicted octanol–water partition coefficient (Wildman–Crippen LogP) is 0.635. The van der Waals surface area contributed by atoms with E-state index in [0.717, 1.165) is 38.1 Å². The zero-order chi connectivity index (χ0) is 15.8. The van der Waals surface area contributed by atoms with Crippen molar-refractivity contribution in [2.75, 3.05) is 39.1 Å². The van der Waals surface area contributed by atoms with Crippen LogP contribution in [0, 0.1) is 0 Å². The zero-order valence-corrected chi connectivity index (χ0v) is 13.3. The van der Waals surface area contributed by atoms with Crippen molar-refractivity contribution in [1.82, 2.24) is 20.2 Å². The second-order valence-electron chi connectivity index (χ2n) is 5.59. The van der Waals surface area contributed by atoms with Crippen molar-refractivity contribution >= 4 is 11.9 Å². The Kier molecular flexibility index (Phi) is 6.54. The molecule has 0 bridgehead atoms. The summed E-state index contributed by atoms with van der Waals surface area (Å²) < 4.78 is 5.55. The molecule has 122 valence electrons. The molecular formula is C15H25N5O2. The van der Waals surface area contributed by atoms with Gasteiger partial charge in [-0.1, -0.05) is 0 Å². The van der Waals surface area contributed by atoms with Gasteiger partial charge < -0.3 is 20.3 Å². The van der Waals surface area contributed by atoms with Crippen LogP contribution in [-0.4, -0.2) is 60.7 Å². The minimum atomic E-state index is 0.0526. The Labute approximate surface area is 131 Å². The van der Waals surface area contributed by atoms with Crippen LogP contribution in [0.3, 0.4) is 0 Å². The summed E-state index contributed by atoms with van der Waals surface area (Å²) in [5.74, 6) is 0.684. The average Bonchev–Trinajstić information content (AvgIpc) is 3.05. The first-order valence-corrected chi connectivity index (χ1v) is 7.73. The SMILES string of the molecule is CNC(=O)CCN(C)Cc1cnc(NCC2CCCO2)nc1. The van der Waals surface area contributed by atoms with Gasteiger partial charge in [0.25, 0.3) is 0 Å². The topological polar surface area (TPSA) is 79.4 Å². The van der Waals surface area contributed by atoms with Gasteiger partial charge in [0.1, 0.15) is 0 Å². The summed E-state index contributed by atoms with van der Waals surface area (Å²) in [6.07, 6.45) is 6.65. The quantitative estimate of drug-likeness (QED) is 0.733. The van der Waals surface area contributed by atoms with E-state index in [4.69, 9.17) is 4.74 Å². The summed E-state index contributed by atoms with van der Waals surface area (Å²) in [4.78, 5) is 21.9. The molecule has 1 amide bonds. The number of aromatic nitrogens is 2. The second-order valence-corrected chi connectivity index (χ2v) is 5.59. The molecule has 22 heavy (non-hydrogen) atoms. The fraction of sp³-hybridized carbons (Fsp3) is 0.667. The molecule has 2 rings (SSSR count). The van der Waals surface area contributed by atoms with E-state index in [1.54, 1.807) is 7.05 Å². The van der Waals surface area contributed by atoms with Crippen molar-refractivity contribution in [3.63, 3.8) is 0 Å². The highest BCUT2D eigenvalue weighted by molar-refractivity contribution is 5.75. The minimum Gasteiger partial charge on any atom is -0.376 e. The number of ether oxygens (including phenoxy) is 1. The fourth-order valence-electron chi connectivity index (χ4n) is 2.35. The van der Waals surface area contributed by atoms with E-state index in [-0.39, 0.29) is 12.0 Å². The number of carbonyl (C=O) groups is 1. The number of rotatable bonds is 8. The van der Waals surface area contributed by atoms with Gasteiger partial charge in [-0.05, 0) is 19.9 Å². The van der Waals surface area contributed by atoms with E-state index >= 15 is 0 Å². The predicted molar refractivity (Wildman–Crippen MR) is 84.5 cm³/mol. The fourth-order valence-corrected chi connectivity index (χ4v) is 2.35. The van der Waals surface area contributed by atoms with E-state index in [0.29, 0.717) is 18.9 Å². The normalized spacial score (nSPS) is 17.7. The van der Waals surface area contributed by atoms with Crippen molar-refractivity contribution in [2.24, 2.45) is 0 Å². The average molecular weight is 307 g/mol. The van der Waals surface area contributed by atoms with Crippen LogP contribution in [0.1, 0.15) is 24.8 Å². The molecule has 1 atom stereocenters. The molecule has 1 saturated heterocycles. The van der Waals surface area contributed by atoms with E-state index in [9.17, 15) is 4.79 Å². The number of hydrogen-bond acceptors (Lipinski definition) is 6. The van der Waals surface area contributed by atoms with Crippen LogP contribution in [-0.2, 0) is 16.1 Å². The molecule has 1 aliphatic heterocycles. The lowest BCUT2D eigenvalue weighted by atomic mass is 10.2. The standard InChI is InChI=1S/C15H25N5O2/c1-16-14(21)5-6-20(2)11-12-8-17-15(18-9-12)19-10-13-4-3-7-22-13/h8-9,13H,3-7,10-11H2,1-2H3,(H,16,21)(H,17,18,19). The Morgan fingerprint density at radius 1 is 1.45 bits per heavy atom. The number of amides is 1. The van der Waals surface area contributed by atoms with E-state index in [2.05, 4.69) is 25.5 Å². The molecule has 7 nitrogen and oxygen atoms in total. The number of nitrogens with zero attached hydrogens (tertiary/aromatic N) is 3. The lowest BCUT2D eigenvalue weighted by molar-refractivity contribution is -0.120. The van der Waals surface area contributed by atoms with Crippen LogP contribution >= 0.6 is 0 Å². The summed E-state index contributed by atoms with van der Waals surface area (Å²) in [5.41, 5.74) is 1.03. The van der Waals surface area contributed by atoms with E-state index in [1.807, 2.05) is 19.4 Å². The lowest BCUT2D eigenvalue weighted by Crippen LogP contribution is -2.26. The smallest absolute Gasteiger partial charge is 0.222 e. The van der Waals surface area contributed by atoms with Crippen LogP contribution in [0.15, 0.2) is 12.4 Å². The van der Waals surface area contributed by atoms with Crippen molar-refractivity contribution in [1.29, 1.82) is 0 Å². The summed E-state index contributed by atoms with van der Waals surface area (Å²) in [6, 6.07) is 0. The maximum Gasteiger partial charge on any atom is 0.222 e. The third kappa shape index (κ3) is 5.57. The molecule has 7 heteroatoms. The number of hydrogen-bond donors (Lipinski definition) is 2. The Morgan fingerprint density at radius 3 is 2.86 bits per heavy atom. The van der Waals surface area contributed by atoms with Gasteiger partial charge in [0, 0.05) is 57.7 Å². The Morgan fingerprint density at radius 2 is 2.23 bits per heavy atom. The third-order valence-electron chi connectivity index (χ3n) is 3.67. The van der Waals surface area contributed by atoms with Gasteiger partial charge in [-0.3, -0.25) is 4.79 Å². The van der Waals surface area contributed by atoms with Gasteiger partial charge in [0.05, 0.1) is 6.10 Å². The Bertz CT molecular complexity index is 460. The van der Waals surface area contributed by atoms with Crippen LogP contribution in [0.5, 0.6) is 0 Å². The van der Waals surface area contributed by atoms with Gasteiger partial charge in [0.2, 0.25) is 11.9 Å². The molecule has 1 aromatic heterocycles. The first kappa shape index (κ1) is 16.6. The monoisotopic (exact) mass is 307 g/mol. The Hall–Kier alpha value is -1.73. The zero-order valence-electron chi connectivity index (χ0n) is 13.3. The summed E-state index contributed by atoms with van der Waals surface area (Å²) >= 11 is 0. The number of nitrogens with one attached hydrogen (secondary N) is 2. The summed E-state index contributed by atoms with van der Waals surface area (Å²) in [7, 11) is 3.63. The Balaban J connectivity index is 1.72. The molecule has 2 heterocycles. The van der Waals surface area contributed by atoms with Crippen LogP contribution < -0.4 is 10.6 Å². The summed E-state index contributed by atoms with van der Waals surface area (Å²) in [6.45, 7) is 3.04. The first-order chi connectivity index (χ1) is 10.7. The minimum absolute atomic E-state index is 0.0526. The van der Waals surface area contributed by atoms with Crippen molar-refractivity contribution < 1.29 is 9.53 Å². The first-order valence-electron chi connectivity index (χ1n) is 7.73. The number of anilines is 1. The van der Waals surface area contributed by atoms with Crippen molar-refractivity contribution in [3.05, 3.63) is 18.0 Å². The molecule has 1 aliphatic rings. The largest absolute Gasteiger partial charge is 0.376 e. The van der Waals surface area contributed by atoms with Gasteiger partial charge in [-0.15, -0.1) is 0 Å². The van der Waals surface area contributed by atoms with Crippen LogP contribution in [0.25, 0.3) is 0 Å². The van der Waals surface area contributed by atoms with Gasteiger partial charge in [0.15, 0.2) is 0 Å². The molecule has 1 aromatic rings. The van der Waals surface area contributed by atoms with Gasteiger partial charge in [-0.25, -0.2) is 9.97 Å². The molecular weight excluding hydrogens is 282 g/mol. The van der Waals surface area contributed by atoms with E-state index < -0.39 is 0 Å². The van der Waals surface area contributed by atoms with E-state index in [1.165, 1.54) is 0 Å². The molecule has 2 N–H and O–H groups in total. The highest BCUT2D eigenvalue weighted by Crippen LogP contribution is 2.12. The van der Waals surface area contributed by atoms with Crippen molar-refractivity contribution in [3.8, 4) is 0 Å². The highest BCUT2D eigenvalue weighted by atomic mass is 16.5. The summed E-state index contributed by atoms with van der Waals surface area (Å²) in [5, 5.41) is 5.82. The van der Waals surface area contributed by atoms with Crippen LogP contribution in [0.4, 0.5) is 5.95 Å². The maximum absolute atomic E-state index is 11.2. The third-order valence-corrected chi connectivity index (χ3v) is 3.67. The lowest BCUT2D eigenvalue weighted by Gasteiger charge is -2.16. The van der Waals surface area contributed by atoms with Crippen LogP contribution in [0.2, 0.25) is 0 Å².